The summed E-state index contributed by atoms with van der Waals surface area (Å²) in [6.45, 7) is 3.72. The number of carboxylic acid groups (broad SMARTS) is 1. The number of rotatable bonds is 4. The Morgan fingerprint density at radius 2 is 2.35 bits per heavy atom. The highest BCUT2D eigenvalue weighted by molar-refractivity contribution is 7.99. The molecule has 2 N–H and O–H groups in total. The van der Waals surface area contributed by atoms with Crippen LogP contribution in [0.4, 0.5) is 0 Å². The van der Waals surface area contributed by atoms with E-state index in [1.165, 1.54) is 17.8 Å². The van der Waals surface area contributed by atoms with Crippen molar-refractivity contribution in [3.63, 3.8) is 0 Å². The number of aromatic carboxylic acids is 1. The molecule has 17 heavy (non-hydrogen) atoms. The van der Waals surface area contributed by atoms with Gasteiger partial charge in [-0.05, 0) is 26.0 Å². The number of aryl methyl sites for hydroxylation is 1. The van der Waals surface area contributed by atoms with Gasteiger partial charge in [0.25, 0.3) is 0 Å². The fourth-order valence-corrected chi connectivity index (χ4v) is 2.12. The van der Waals surface area contributed by atoms with Crippen LogP contribution in [0, 0.1) is 6.92 Å². The third kappa shape index (κ3) is 2.68. The number of hydrogen-bond acceptors (Lipinski definition) is 5. The molecule has 0 aliphatic heterocycles. The molecular weight excluding hydrogens is 242 g/mol. The predicted octanol–water partition coefficient (Wildman–Crippen LogP) is 2.26. The summed E-state index contributed by atoms with van der Waals surface area (Å²) in [5.41, 5.74) is 0. The lowest BCUT2D eigenvalue weighted by molar-refractivity contribution is 0.0660. The number of nitrogens with zero attached hydrogens (tertiary/aromatic N) is 2. The van der Waals surface area contributed by atoms with E-state index in [0.717, 1.165) is 5.82 Å². The number of carboxylic acids is 1. The fraction of sp³-hybridized carbons (Fsp3) is 0.300. The molecule has 0 fully saturated rings. The molecule has 0 spiro atoms. The van der Waals surface area contributed by atoms with Gasteiger partial charge in [0, 0.05) is 0 Å². The van der Waals surface area contributed by atoms with Gasteiger partial charge in [0.1, 0.15) is 11.6 Å². The number of carbonyl (C=O) groups is 1. The molecule has 0 aliphatic carbocycles. The summed E-state index contributed by atoms with van der Waals surface area (Å²) in [5, 5.41) is 16.0. The van der Waals surface area contributed by atoms with Gasteiger partial charge in [0.2, 0.25) is 10.9 Å². The molecule has 0 radical (unpaired) electrons. The monoisotopic (exact) mass is 253 g/mol. The summed E-state index contributed by atoms with van der Waals surface area (Å²) in [4.78, 5) is 14.8. The summed E-state index contributed by atoms with van der Waals surface area (Å²) < 4.78 is 5.20. The van der Waals surface area contributed by atoms with E-state index in [9.17, 15) is 4.79 Å². The molecule has 0 saturated heterocycles. The molecule has 0 aliphatic rings. The van der Waals surface area contributed by atoms with Gasteiger partial charge in [-0.2, -0.15) is 0 Å². The van der Waals surface area contributed by atoms with Gasteiger partial charge in [-0.1, -0.05) is 11.8 Å². The average Bonchev–Trinajstić information content (AvgIpc) is 2.86. The van der Waals surface area contributed by atoms with Crippen LogP contribution >= 0.6 is 11.8 Å². The minimum atomic E-state index is -1.07. The van der Waals surface area contributed by atoms with E-state index in [1.807, 2.05) is 13.8 Å². The molecule has 0 saturated carbocycles. The quantitative estimate of drug-likeness (QED) is 0.812. The van der Waals surface area contributed by atoms with Crippen molar-refractivity contribution < 1.29 is 14.3 Å². The molecule has 6 nitrogen and oxygen atoms in total. The lowest BCUT2D eigenvalue weighted by Gasteiger charge is -2.03. The minimum Gasteiger partial charge on any atom is -0.475 e. The summed E-state index contributed by atoms with van der Waals surface area (Å²) in [6, 6.07) is 3.10. The summed E-state index contributed by atoms with van der Waals surface area (Å²) in [5.74, 6) is 0.209. The van der Waals surface area contributed by atoms with Gasteiger partial charge < -0.3 is 9.52 Å². The predicted molar refractivity (Wildman–Crippen MR) is 61.1 cm³/mol. The van der Waals surface area contributed by atoms with Crippen molar-refractivity contribution >= 4 is 17.7 Å². The standard InChI is InChI=1S/C10H11N3O3S/c1-5(17-10-11-6(2)12-13-10)7-3-4-8(16-7)9(14)15/h3-5H,1-2H3,(H,14,15)(H,11,12,13). The maximum absolute atomic E-state index is 10.7. The van der Waals surface area contributed by atoms with Gasteiger partial charge in [0.05, 0.1) is 5.25 Å². The number of H-pyrrole nitrogens is 1. The van der Waals surface area contributed by atoms with Crippen molar-refractivity contribution in [3.05, 3.63) is 29.5 Å². The van der Waals surface area contributed by atoms with Crippen LogP contribution in [0.2, 0.25) is 0 Å². The largest absolute Gasteiger partial charge is 0.475 e. The highest BCUT2D eigenvalue weighted by atomic mass is 32.2. The van der Waals surface area contributed by atoms with Crippen molar-refractivity contribution in [2.75, 3.05) is 0 Å². The van der Waals surface area contributed by atoms with E-state index < -0.39 is 5.97 Å². The molecule has 0 aromatic carbocycles. The van der Waals surface area contributed by atoms with Gasteiger partial charge >= 0.3 is 5.97 Å². The van der Waals surface area contributed by atoms with Crippen LogP contribution in [-0.2, 0) is 0 Å². The van der Waals surface area contributed by atoms with Crippen LogP contribution in [0.3, 0.4) is 0 Å². The fourth-order valence-electron chi connectivity index (χ4n) is 1.28. The van der Waals surface area contributed by atoms with Crippen LogP contribution < -0.4 is 0 Å². The molecule has 1 atom stereocenters. The first kappa shape index (κ1) is 11.7. The van der Waals surface area contributed by atoms with Crippen LogP contribution in [0.1, 0.15) is 34.3 Å². The van der Waals surface area contributed by atoms with Gasteiger partial charge in [-0.25, -0.2) is 9.78 Å². The Kier molecular flexibility index (Phi) is 3.19. The second-order valence-corrected chi connectivity index (χ2v) is 4.78. The first-order valence-electron chi connectivity index (χ1n) is 4.95. The molecular formula is C10H11N3O3S. The molecule has 2 rings (SSSR count). The molecule has 7 heteroatoms. The second-order valence-electron chi connectivity index (χ2n) is 3.47. The van der Waals surface area contributed by atoms with E-state index >= 15 is 0 Å². The van der Waals surface area contributed by atoms with E-state index in [0.29, 0.717) is 10.9 Å². The first-order chi connectivity index (χ1) is 8.06. The van der Waals surface area contributed by atoms with Crippen molar-refractivity contribution in [1.82, 2.24) is 15.2 Å². The van der Waals surface area contributed by atoms with Crippen LogP contribution in [-0.4, -0.2) is 26.3 Å². The Morgan fingerprint density at radius 3 is 2.88 bits per heavy atom. The van der Waals surface area contributed by atoms with Gasteiger partial charge in [-0.15, -0.1) is 5.10 Å². The summed E-state index contributed by atoms with van der Waals surface area (Å²) in [7, 11) is 0. The Hall–Kier alpha value is -1.76. The number of aromatic amines is 1. The molecule has 2 aromatic heterocycles. The van der Waals surface area contributed by atoms with Crippen LogP contribution in [0.15, 0.2) is 21.7 Å². The zero-order chi connectivity index (χ0) is 12.4. The summed E-state index contributed by atoms with van der Waals surface area (Å²) >= 11 is 1.40. The van der Waals surface area contributed by atoms with E-state index in [1.54, 1.807) is 6.07 Å². The number of thioether (sulfide) groups is 1. The maximum atomic E-state index is 10.7. The molecule has 90 valence electrons. The van der Waals surface area contributed by atoms with Gasteiger partial charge in [-0.3, -0.25) is 5.10 Å². The Labute approximate surface area is 101 Å². The maximum Gasteiger partial charge on any atom is 0.371 e. The highest BCUT2D eigenvalue weighted by Gasteiger charge is 2.16. The molecule has 0 bridgehead atoms. The molecule has 2 heterocycles. The normalized spacial score (nSPS) is 12.6. The number of furan rings is 1. The number of aromatic nitrogens is 3. The molecule has 1 unspecified atom stereocenters. The zero-order valence-corrected chi connectivity index (χ0v) is 10.1. The van der Waals surface area contributed by atoms with Crippen molar-refractivity contribution in [1.29, 1.82) is 0 Å². The van der Waals surface area contributed by atoms with E-state index in [2.05, 4.69) is 15.2 Å². The third-order valence-electron chi connectivity index (χ3n) is 2.10. The van der Waals surface area contributed by atoms with Crippen LogP contribution in [0.25, 0.3) is 0 Å². The minimum absolute atomic E-state index is 0.0432. The Morgan fingerprint density at radius 1 is 1.59 bits per heavy atom. The average molecular weight is 253 g/mol. The number of nitrogens with one attached hydrogen (secondary N) is 1. The summed E-state index contributed by atoms with van der Waals surface area (Å²) in [6.07, 6.45) is 0. The van der Waals surface area contributed by atoms with Gasteiger partial charge in [0.15, 0.2) is 0 Å². The van der Waals surface area contributed by atoms with E-state index in [4.69, 9.17) is 9.52 Å². The highest BCUT2D eigenvalue weighted by Crippen LogP contribution is 2.33. The second kappa shape index (κ2) is 4.62. The SMILES string of the molecule is Cc1nc(SC(C)c2ccc(C(=O)O)o2)n[nH]1. The lowest BCUT2D eigenvalue weighted by atomic mass is 10.3. The Bertz CT molecular complexity index is 534. The third-order valence-corrected chi connectivity index (χ3v) is 3.08. The lowest BCUT2D eigenvalue weighted by Crippen LogP contribution is -1.92. The van der Waals surface area contributed by atoms with Crippen molar-refractivity contribution in [2.45, 2.75) is 24.3 Å². The number of hydrogen-bond donors (Lipinski definition) is 2. The molecule has 0 amide bonds. The smallest absolute Gasteiger partial charge is 0.371 e. The zero-order valence-electron chi connectivity index (χ0n) is 9.30. The van der Waals surface area contributed by atoms with Crippen molar-refractivity contribution in [3.8, 4) is 0 Å². The van der Waals surface area contributed by atoms with Crippen molar-refractivity contribution in [2.24, 2.45) is 0 Å². The van der Waals surface area contributed by atoms with Crippen LogP contribution in [0.5, 0.6) is 0 Å². The van der Waals surface area contributed by atoms with E-state index in [-0.39, 0.29) is 11.0 Å². The topological polar surface area (TPSA) is 92.0 Å². The molecule has 2 aromatic rings. The first-order valence-corrected chi connectivity index (χ1v) is 5.83. The Balaban J connectivity index is 2.08.